The number of sulfone groups is 1. The van der Waals surface area contributed by atoms with Gasteiger partial charge in [0.05, 0.1) is 6.54 Å². The summed E-state index contributed by atoms with van der Waals surface area (Å²) in [6, 6.07) is 9.21. The molecule has 0 bridgehead atoms. The molecule has 0 N–H and O–H groups in total. The molecule has 2 aromatic heterocycles. The van der Waals surface area contributed by atoms with E-state index in [0.29, 0.717) is 0 Å². The van der Waals surface area contributed by atoms with Crippen LogP contribution >= 0.6 is 0 Å². The van der Waals surface area contributed by atoms with Crippen molar-refractivity contribution < 1.29 is 8.42 Å². The minimum Gasteiger partial charge on any atom is -0.312 e. The molecule has 0 radical (unpaired) electrons. The van der Waals surface area contributed by atoms with E-state index in [0.717, 1.165) is 16.4 Å². The molecule has 0 atom stereocenters. The van der Waals surface area contributed by atoms with E-state index < -0.39 is 21.1 Å². The Morgan fingerprint density at radius 2 is 1.73 bits per heavy atom. The van der Waals surface area contributed by atoms with E-state index in [2.05, 4.69) is 16.8 Å². The molecule has 2 heterocycles. The Hall–Kier alpha value is -3.12. The highest BCUT2D eigenvalue weighted by Crippen LogP contribution is 2.14. The summed E-state index contributed by atoms with van der Waals surface area (Å²) in [4.78, 5) is 28.9. The Bertz CT molecular complexity index is 1290. The molecule has 26 heavy (non-hydrogen) atoms. The lowest BCUT2D eigenvalue weighted by Crippen LogP contribution is -2.38. The van der Waals surface area contributed by atoms with Crippen molar-refractivity contribution in [3.05, 3.63) is 56.7 Å². The molecular formula is C17H16N4O4S. The first-order chi connectivity index (χ1) is 12.2. The minimum absolute atomic E-state index is 0.00314. The third kappa shape index (κ3) is 2.95. The molecule has 0 amide bonds. The molecule has 8 nitrogen and oxygen atoms in total. The van der Waals surface area contributed by atoms with Crippen molar-refractivity contribution >= 4 is 21.0 Å². The fourth-order valence-electron chi connectivity index (χ4n) is 2.63. The summed E-state index contributed by atoms with van der Waals surface area (Å²) >= 11 is 0. The predicted molar refractivity (Wildman–Crippen MR) is 96.6 cm³/mol. The second-order valence-electron chi connectivity index (χ2n) is 5.80. The molecular weight excluding hydrogens is 356 g/mol. The summed E-state index contributed by atoms with van der Waals surface area (Å²) in [5.74, 6) is 5.78. The molecule has 0 saturated carbocycles. The molecule has 3 aromatic rings. The van der Waals surface area contributed by atoms with Gasteiger partial charge in [0.1, 0.15) is 0 Å². The van der Waals surface area contributed by atoms with Gasteiger partial charge in [-0.1, -0.05) is 30.0 Å². The SMILES string of the molecule is Cn1c(=O)c2c(nc(S(C)(=O)=O)n2C)n(CC#Cc2ccccc2)c1=O. The van der Waals surface area contributed by atoms with Gasteiger partial charge in [-0.05, 0) is 12.1 Å². The summed E-state index contributed by atoms with van der Waals surface area (Å²) < 4.78 is 27.1. The maximum Gasteiger partial charge on any atom is 0.333 e. The highest BCUT2D eigenvalue weighted by molar-refractivity contribution is 7.90. The zero-order chi connectivity index (χ0) is 19.1. The Morgan fingerprint density at radius 3 is 2.35 bits per heavy atom. The van der Waals surface area contributed by atoms with Crippen molar-refractivity contribution in [2.45, 2.75) is 11.7 Å². The van der Waals surface area contributed by atoms with Gasteiger partial charge in [0.2, 0.25) is 15.0 Å². The second kappa shape index (κ2) is 6.31. The van der Waals surface area contributed by atoms with Crippen LogP contribution in [0.25, 0.3) is 11.2 Å². The summed E-state index contributed by atoms with van der Waals surface area (Å²) in [5.41, 5.74) is -0.401. The van der Waals surface area contributed by atoms with E-state index >= 15 is 0 Å². The van der Waals surface area contributed by atoms with Crippen LogP contribution in [0.15, 0.2) is 45.1 Å². The van der Waals surface area contributed by atoms with Crippen LogP contribution < -0.4 is 11.2 Å². The third-order valence-electron chi connectivity index (χ3n) is 3.89. The quantitative estimate of drug-likeness (QED) is 0.585. The maximum absolute atomic E-state index is 12.5. The average molecular weight is 372 g/mol. The van der Waals surface area contributed by atoms with E-state index in [1.54, 1.807) is 0 Å². The first-order valence-electron chi connectivity index (χ1n) is 7.62. The number of aromatic nitrogens is 4. The topological polar surface area (TPSA) is 96.0 Å². The Balaban J connectivity index is 2.24. The van der Waals surface area contributed by atoms with Crippen molar-refractivity contribution in [3.8, 4) is 11.8 Å². The van der Waals surface area contributed by atoms with E-state index in [1.165, 1.54) is 23.2 Å². The van der Waals surface area contributed by atoms with Crippen molar-refractivity contribution in [1.29, 1.82) is 0 Å². The van der Waals surface area contributed by atoms with Gasteiger partial charge in [-0.25, -0.2) is 13.2 Å². The number of hydrogen-bond acceptors (Lipinski definition) is 5. The number of benzene rings is 1. The monoisotopic (exact) mass is 372 g/mol. The molecule has 0 spiro atoms. The molecule has 0 fully saturated rings. The molecule has 134 valence electrons. The lowest BCUT2D eigenvalue weighted by atomic mass is 10.2. The maximum atomic E-state index is 12.5. The van der Waals surface area contributed by atoms with Gasteiger partial charge < -0.3 is 4.57 Å². The van der Waals surface area contributed by atoms with Crippen LogP contribution in [-0.2, 0) is 30.5 Å². The first kappa shape index (κ1) is 17.7. The summed E-state index contributed by atoms with van der Waals surface area (Å²) in [5, 5.41) is -0.278. The smallest absolute Gasteiger partial charge is 0.312 e. The predicted octanol–water partition coefficient (Wildman–Crippen LogP) is -0.111. The first-order valence-corrected chi connectivity index (χ1v) is 9.51. The molecule has 9 heteroatoms. The fraction of sp³-hybridized carbons (Fsp3) is 0.235. The van der Waals surface area contributed by atoms with Crippen molar-refractivity contribution in [2.75, 3.05) is 6.26 Å². The number of rotatable bonds is 2. The highest BCUT2D eigenvalue weighted by Gasteiger charge is 2.23. The van der Waals surface area contributed by atoms with Crippen LogP contribution in [-0.4, -0.2) is 33.4 Å². The number of nitrogens with zero attached hydrogens (tertiary/aromatic N) is 4. The Kier molecular flexibility index (Phi) is 4.29. The molecule has 0 aliphatic carbocycles. The largest absolute Gasteiger partial charge is 0.333 e. The van der Waals surface area contributed by atoms with Crippen LogP contribution in [0, 0.1) is 11.8 Å². The average Bonchev–Trinajstić information content (AvgIpc) is 2.94. The molecule has 3 rings (SSSR count). The van der Waals surface area contributed by atoms with Crippen molar-refractivity contribution in [2.24, 2.45) is 14.1 Å². The van der Waals surface area contributed by atoms with Crippen LogP contribution in [0.3, 0.4) is 0 Å². The molecule has 0 unspecified atom stereocenters. The van der Waals surface area contributed by atoms with Gasteiger partial charge in [-0.2, -0.15) is 4.98 Å². The number of hydrogen-bond donors (Lipinski definition) is 0. The lowest BCUT2D eigenvalue weighted by Gasteiger charge is -2.05. The van der Waals surface area contributed by atoms with Gasteiger partial charge >= 0.3 is 5.69 Å². The molecule has 1 aromatic carbocycles. The molecule has 0 aliphatic rings. The van der Waals surface area contributed by atoms with Gasteiger partial charge in [0.25, 0.3) is 5.56 Å². The molecule has 0 saturated heterocycles. The van der Waals surface area contributed by atoms with Crippen molar-refractivity contribution in [3.63, 3.8) is 0 Å². The van der Waals surface area contributed by atoms with E-state index in [9.17, 15) is 18.0 Å². The number of imidazole rings is 1. The van der Waals surface area contributed by atoms with Crippen LogP contribution in [0.1, 0.15) is 5.56 Å². The van der Waals surface area contributed by atoms with Gasteiger partial charge in [0.15, 0.2) is 11.2 Å². The third-order valence-corrected chi connectivity index (χ3v) is 4.92. The van der Waals surface area contributed by atoms with E-state index in [1.807, 2.05) is 30.3 Å². The zero-order valence-electron chi connectivity index (χ0n) is 14.4. The summed E-state index contributed by atoms with van der Waals surface area (Å²) in [7, 11) is -0.906. The minimum atomic E-state index is -3.67. The Morgan fingerprint density at radius 1 is 1.08 bits per heavy atom. The summed E-state index contributed by atoms with van der Waals surface area (Å²) in [6.07, 6.45) is 0.996. The zero-order valence-corrected chi connectivity index (χ0v) is 15.2. The van der Waals surface area contributed by atoms with E-state index in [-0.39, 0.29) is 22.9 Å². The van der Waals surface area contributed by atoms with Gasteiger partial charge in [-0.15, -0.1) is 0 Å². The lowest BCUT2D eigenvalue weighted by molar-refractivity contribution is 0.586. The normalized spacial score (nSPS) is 11.3. The van der Waals surface area contributed by atoms with Gasteiger partial charge in [0, 0.05) is 25.9 Å². The highest BCUT2D eigenvalue weighted by atomic mass is 32.2. The van der Waals surface area contributed by atoms with Crippen LogP contribution in [0.2, 0.25) is 0 Å². The van der Waals surface area contributed by atoms with Crippen LogP contribution in [0.5, 0.6) is 0 Å². The summed E-state index contributed by atoms with van der Waals surface area (Å²) in [6.45, 7) is -0.0292. The second-order valence-corrected chi connectivity index (χ2v) is 7.71. The number of fused-ring (bicyclic) bond motifs is 1. The fourth-order valence-corrected chi connectivity index (χ4v) is 3.47. The molecule has 0 aliphatic heterocycles. The Labute approximate surface area is 149 Å². The number of aryl methyl sites for hydroxylation is 1. The van der Waals surface area contributed by atoms with E-state index in [4.69, 9.17) is 0 Å². The standard InChI is InChI=1S/C17H16N4O4S/c1-19-13-14(18-16(19)26(3,24)25)21(17(23)20(2)15(13)22)11-7-10-12-8-5-4-6-9-12/h4-6,8-9H,11H2,1-3H3. The van der Waals surface area contributed by atoms with Crippen LogP contribution in [0.4, 0.5) is 0 Å². The van der Waals surface area contributed by atoms with Gasteiger partial charge in [-0.3, -0.25) is 13.9 Å². The van der Waals surface area contributed by atoms with Crippen molar-refractivity contribution in [1.82, 2.24) is 18.7 Å².